The zero-order chi connectivity index (χ0) is 12.9. The molecule has 7 heteroatoms. The van der Waals surface area contributed by atoms with Gasteiger partial charge in [0.25, 0.3) is 5.88 Å². The standard InChI is InChI=1S/C10H11ClF3NO2/c1-2-16-8-3-7(4-11)5-15-9(8)17-6-10(12,13)14/h3,5H,2,4,6H2,1H3. The zero-order valence-electron chi connectivity index (χ0n) is 9.05. The van der Waals surface area contributed by atoms with Gasteiger partial charge in [0.2, 0.25) is 0 Å². The van der Waals surface area contributed by atoms with Crippen LogP contribution in [-0.4, -0.2) is 24.4 Å². The summed E-state index contributed by atoms with van der Waals surface area (Å²) in [4.78, 5) is 3.74. The smallest absolute Gasteiger partial charge is 0.422 e. The van der Waals surface area contributed by atoms with Crippen LogP contribution in [-0.2, 0) is 5.88 Å². The quantitative estimate of drug-likeness (QED) is 0.770. The van der Waals surface area contributed by atoms with Gasteiger partial charge in [0.15, 0.2) is 12.4 Å². The van der Waals surface area contributed by atoms with Crippen LogP contribution >= 0.6 is 11.6 Å². The summed E-state index contributed by atoms with van der Waals surface area (Å²) < 4.78 is 45.6. The van der Waals surface area contributed by atoms with Crippen molar-refractivity contribution in [2.45, 2.75) is 19.0 Å². The molecule has 1 rings (SSSR count). The number of hydrogen-bond donors (Lipinski definition) is 0. The monoisotopic (exact) mass is 269 g/mol. The van der Waals surface area contributed by atoms with E-state index in [9.17, 15) is 13.2 Å². The van der Waals surface area contributed by atoms with Gasteiger partial charge in [-0.25, -0.2) is 4.98 Å². The van der Waals surface area contributed by atoms with Gasteiger partial charge >= 0.3 is 6.18 Å². The second-order valence-electron chi connectivity index (χ2n) is 3.12. The lowest BCUT2D eigenvalue weighted by Gasteiger charge is -2.12. The Kier molecular flexibility index (Phi) is 4.86. The number of nitrogens with zero attached hydrogens (tertiary/aromatic N) is 1. The van der Waals surface area contributed by atoms with Crippen molar-refractivity contribution in [1.82, 2.24) is 4.98 Å². The van der Waals surface area contributed by atoms with E-state index >= 15 is 0 Å². The lowest BCUT2D eigenvalue weighted by molar-refractivity contribution is -0.154. The fourth-order valence-electron chi connectivity index (χ4n) is 1.06. The molecule has 3 nitrogen and oxygen atoms in total. The first kappa shape index (κ1) is 13.9. The summed E-state index contributed by atoms with van der Waals surface area (Å²) in [6.07, 6.45) is -3.06. The first-order valence-electron chi connectivity index (χ1n) is 4.83. The van der Waals surface area contributed by atoms with E-state index in [4.69, 9.17) is 16.3 Å². The van der Waals surface area contributed by atoms with E-state index < -0.39 is 12.8 Å². The summed E-state index contributed by atoms with van der Waals surface area (Å²) in [5, 5.41) is 0. The topological polar surface area (TPSA) is 31.4 Å². The van der Waals surface area contributed by atoms with Crippen molar-refractivity contribution in [3.63, 3.8) is 0 Å². The zero-order valence-corrected chi connectivity index (χ0v) is 9.81. The minimum absolute atomic E-state index is 0.162. The molecular formula is C10H11ClF3NO2. The molecule has 0 spiro atoms. The fraction of sp³-hybridized carbons (Fsp3) is 0.500. The molecule has 0 amide bonds. The second kappa shape index (κ2) is 5.95. The van der Waals surface area contributed by atoms with Crippen molar-refractivity contribution in [3.8, 4) is 11.6 Å². The highest BCUT2D eigenvalue weighted by atomic mass is 35.5. The maximum Gasteiger partial charge on any atom is 0.422 e. The molecule has 0 bridgehead atoms. The van der Waals surface area contributed by atoms with E-state index in [2.05, 4.69) is 9.72 Å². The van der Waals surface area contributed by atoms with Crippen LogP contribution in [0.2, 0.25) is 0 Å². The van der Waals surface area contributed by atoms with Crippen LogP contribution in [0.3, 0.4) is 0 Å². The van der Waals surface area contributed by atoms with Crippen LogP contribution in [0, 0.1) is 0 Å². The number of ether oxygens (including phenoxy) is 2. The van der Waals surface area contributed by atoms with Gasteiger partial charge in [-0.3, -0.25) is 0 Å². The average Bonchev–Trinajstić information content (AvgIpc) is 2.26. The lowest BCUT2D eigenvalue weighted by atomic mass is 10.3. The molecule has 0 unspecified atom stereocenters. The second-order valence-corrected chi connectivity index (χ2v) is 3.38. The molecule has 0 aliphatic rings. The van der Waals surface area contributed by atoms with E-state index in [-0.39, 0.29) is 17.5 Å². The Morgan fingerprint density at radius 2 is 2.06 bits per heavy atom. The molecule has 17 heavy (non-hydrogen) atoms. The van der Waals surface area contributed by atoms with Crippen molar-refractivity contribution in [2.24, 2.45) is 0 Å². The highest BCUT2D eigenvalue weighted by molar-refractivity contribution is 6.17. The first-order chi connectivity index (χ1) is 7.96. The average molecular weight is 270 g/mol. The predicted molar refractivity (Wildman–Crippen MR) is 56.5 cm³/mol. The predicted octanol–water partition coefficient (Wildman–Crippen LogP) is 3.16. The van der Waals surface area contributed by atoms with Gasteiger partial charge in [-0.2, -0.15) is 13.2 Å². The first-order valence-corrected chi connectivity index (χ1v) is 5.37. The molecule has 0 radical (unpaired) electrons. The number of rotatable bonds is 5. The van der Waals surface area contributed by atoms with Gasteiger partial charge in [-0.1, -0.05) is 0 Å². The molecule has 0 N–H and O–H groups in total. The van der Waals surface area contributed by atoms with E-state index in [1.165, 1.54) is 12.3 Å². The van der Waals surface area contributed by atoms with Crippen LogP contribution in [0.1, 0.15) is 12.5 Å². The molecule has 0 aliphatic carbocycles. The Morgan fingerprint density at radius 1 is 1.35 bits per heavy atom. The molecule has 96 valence electrons. The number of alkyl halides is 4. The molecular weight excluding hydrogens is 259 g/mol. The van der Waals surface area contributed by atoms with Gasteiger partial charge in [0.1, 0.15) is 0 Å². The Hall–Kier alpha value is -1.17. The van der Waals surface area contributed by atoms with Crippen LogP contribution < -0.4 is 9.47 Å². The highest BCUT2D eigenvalue weighted by Gasteiger charge is 2.29. The molecule has 1 heterocycles. The summed E-state index contributed by atoms with van der Waals surface area (Å²) >= 11 is 5.58. The third-order valence-electron chi connectivity index (χ3n) is 1.70. The maximum atomic E-state index is 12.0. The van der Waals surface area contributed by atoms with Gasteiger partial charge < -0.3 is 9.47 Å². The van der Waals surface area contributed by atoms with Crippen LogP contribution in [0.15, 0.2) is 12.3 Å². The maximum absolute atomic E-state index is 12.0. The SMILES string of the molecule is CCOc1cc(CCl)cnc1OCC(F)(F)F. The molecule has 0 aromatic carbocycles. The van der Waals surface area contributed by atoms with E-state index in [0.29, 0.717) is 12.2 Å². The summed E-state index contributed by atoms with van der Waals surface area (Å²) in [5.41, 5.74) is 0.648. The van der Waals surface area contributed by atoms with Crippen molar-refractivity contribution in [2.75, 3.05) is 13.2 Å². The number of aromatic nitrogens is 1. The van der Waals surface area contributed by atoms with Crippen molar-refractivity contribution in [1.29, 1.82) is 0 Å². The van der Waals surface area contributed by atoms with Gasteiger partial charge in [0.05, 0.1) is 6.61 Å². The Morgan fingerprint density at radius 3 is 2.59 bits per heavy atom. The highest BCUT2D eigenvalue weighted by Crippen LogP contribution is 2.27. The number of halogens is 4. The van der Waals surface area contributed by atoms with Gasteiger partial charge in [0, 0.05) is 12.1 Å². The molecule has 0 fully saturated rings. The van der Waals surface area contributed by atoms with Crippen LogP contribution in [0.4, 0.5) is 13.2 Å². The molecule has 0 saturated carbocycles. The minimum atomic E-state index is -4.41. The number of hydrogen-bond acceptors (Lipinski definition) is 3. The van der Waals surface area contributed by atoms with Gasteiger partial charge in [-0.15, -0.1) is 11.6 Å². The van der Waals surface area contributed by atoms with Crippen LogP contribution in [0.25, 0.3) is 0 Å². The van der Waals surface area contributed by atoms with Gasteiger partial charge in [-0.05, 0) is 18.6 Å². The van der Waals surface area contributed by atoms with E-state index in [0.717, 1.165) is 0 Å². The fourth-order valence-corrected chi connectivity index (χ4v) is 1.21. The summed E-state index contributed by atoms with van der Waals surface area (Å²) in [7, 11) is 0. The molecule has 1 aromatic heterocycles. The van der Waals surface area contributed by atoms with Crippen molar-refractivity contribution < 1.29 is 22.6 Å². The molecule has 0 atom stereocenters. The largest absolute Gasteiger partial charge is 0.488 e. The third kappa shape index (κ3) is 4.68. The van der Waals surface area contributed by atoms with Crippen molar-refractivity contribution in [3.05, 3.63) is 17.8 Å². The Bertz CT molecular complexity index is 371. The molecule has 0 saturated heterocycles. The van der Waals surface area contributed by atoms with Crippen LogP contribution in [0.5, 0.6) is 11.6 Å². The Labute approximate surface area is 102 Å². The summed E-state index contributed by atoms with van der Waals surface area (Å²) in [6.45, 7) is 0.608. The number of pyridine rings is 1. The molecule has 0 aliphatic heterocycles. The normalized spacial score (nSPS) is 11.4. The Balaban J connectivity index is 2.82. The van der Waals surface area contributed by atoms with E-state index in [1.807, 2.05) is 0 Å². The summed E-state index contributed by atoms with van der Waals surface area (Å²) in [5.74, 6) is 0.181. The third-order valence-corrected chi connectivity index (χ3v) is 2.01. The van der Waals surface area contributed by atoms with Crippen molar-refractivity contribution >= 4 is 11.6 Å². The van der Waals surface area contributed by atoms with E-state index in [1.54, 1.807) is 6.92 Å². The lowest BCUT2D eigenvalue weighted by Crippen LogP contribution is -2.20. The minimum Gasteiger partial charge on any atom is -0.488 e. The molecule has 1 aromatic rings. The summed E-state index contributed by atoms with van der Waals surface area (Å²) in [6, 6.07) is 1.51.